The van der Waals surface area contributed by atoms with Crippen molar-refractivity contribution in [2.75, 3.05) is 0 Å². The quantitative estimate of drug-likeness (QED) is 0.557. The first kappa shape index (κ1) is 10.7. The van der Waals surface area contributed by atoms with Gasteiger partial charge in [-0.15, -0.1) is 0 Å². The molecule has 0 spiro atoms. The van der Waals surface area contributed by atoms with E-state index in [-0.39, 0.29) is 0 Å². The molecule has 0 aliphatic heterocycles. The second-order valence-corrected chi connectivity index (χ2v) is 3.13. The predicted molar refractivity (Wildman–Crippen MR) is 49.4 cm³/mol. The van der Waals surface area contributed by atoms with Crippen LogP contribution in [0.5, 0.6) is 0 Å². The first-order chi connectivity index (χ1) is 6.63. The molecule has 0 bridgehead atoms. The molecule has 1 rings (SSSR count). The first-order valence-corrected chi connectivity index (χ1v) is 4.29. The number of nitrogens with one attached hydrogen (secondary N) is 1. The van der Waals surface area contributed by atoms with Crippen molar-refractivity contribution in [3.8, 4) is 0 Å². The number of halogens is 2. The Morgan fingerprint density at radius 2 is 2.29 bits per heavy atom. The van der Waals surface area contributed by atoms with E-state index in [2.05, 4.69) is 0 Å². The average molecular weight is 199 g/mol. The second kappa shape index (κ2) is 4.72. The van der Waals surface area contributed by atoms with Gasteiger partial charge in [-0.2, -0.15) is 8.78 Å². The van der Waals surface area contributed by atoms with Crippen molar-refractivity contribution in [1.29, 1.82) is 0 Å². The molecule has 0 atom stereocenters. The smallest absolute Gasteiger partial charge is 0.312 e. The minimum Gasteiger partial charge on any atom is -0.333 e. The molecule has 0 unspecified atom stereocenters. The number of alkyl halides is 2. The van der Waals surface area contributed by atoms with E-state index in [9.17, 15) is 13.6 Å². The average Bonchev–Trinajstić information content (AvgIpc) is 2.09. The maximum atomic E-state index is 12.1. The Hall–Kier alpha value is -1.41. The topological polar surface area (TPSA) is 29.1 Å². The van der Waals surface area contributed by atoms with Crippen LogP contribution in [-0.2, 0) is 4.79 Å². The number of hydrogen-bond donors (Lipinski definition) is 1. The van der Waals surface area contributed by atoms with Gasteiger partial charge < -0.3 is 5.32 Å². The largest absolute Gasteiger partial charge is 0.333 e. The van der Waals surface area contributed by atoms with Crippen LogP contribution < -0.4 is 5.32 Å². The van der Waals surface area contributed by atoms with Gasteiger partial charge in [-0.25, -0.2) is 4.79 Å². The van der Waals surface area contributed by atoms with E-state index in [0.29, 0.717) is 17.7 Å². The molecule has 0 aromatic carbocycles. The SMILES string of the molecule is CC1=CC(C=C=O)=C(NC(F)F)CC1. The Morgan fingerprint density at radius 3 is 2.86 bits per heavy atom. The fourth-order valence-electron chi connectivity index (χ4n) is 1.37. The normalized spacial score (nSPS) is 16.4. The molecular weight excluding hydrogens is 188 g/mol. The molecule has 1 aliphatic carbocycles. The lowest BCUT2D eigenvalue weighted by Gasteiger charge is -2.17. The zero-order valence-electron chi connectivity index (χ0n) is 7.81. The lowest BCUT2D eigenvalue weighted by molar-refractivity contribution is 0.119. The van der Waals surface area contributed by atoms with E-state index in [0.717, 1.165) is 12.0 Å². The van der Waals surface area contributed by atoms with Crippen LogP contribution in [0.1, 0.15) is 19.8 Å². The zero-order chi connectivity index (χ0) is 10.6. The Bertz CT molecular complexity index is 325. The van der Waals surface area contributed by atoms with Crippen LogP contribution >= 0.6 is 0 Å². The minimum absolute atomic E-state index is 0.411. The molecule has 1 aliphatic rings. The van der Waals surface area contributed by atoms with E-state index in [1.807, 2.05) is 12.2 Å². The summed E-state index contributed by atoms with van der Waals surface area (Å²) in [7, 11) is 0. The highest BCUT2D eigenvalue weighted by Gasteiger charge is 2.12. The molecule has 4 heteroatoms. The molecule has 0 saturated heterocycles. The summed E-state index contributed by atoms with van der Waals surface area (Å²) in [5.41, 5.74) is 1.99. The van der Waals surface area contributed by atoms with E-state index in [1.54, 1.807) is 12.0 Å². The molecular formula is C10H11F2NO. The summed E-state index contributed by atoms with van der Waals surface area (Å²) in [4.78, 5) is 10.2. The van der Waals surface area contributed by atoms with Crippen LogP contribution in [-0.4, -0.2) is 12.5 Å². The molecule has 0 radical (unpaired) electrons. The van der Waals surface area contributed by atoms with Gasteiger partial charge in [-0.05, 0) is 19.8 Å². The highest BCUT2D eigenvalue weighted by molar-refractivity contribution is 5.57. The van der Waals surface area contributed by atoms with Crippen molar-refractivity contribution in [3.05, 3.63) is 29.0 Å². The summed E-state index contributed by atoms with van der Waals surface area (Å²) in [6.07, 6.45) is 4.15. The maximum absolute atomic E-state index is 12.1. The Balaban J connectivity index is 2.93. The Labute approximate surface area is 81.0 Å². The van der Waals surface area contributed by atoms with Gasteiger partial charge in [-0.1, -0.05) is 11.6 Å². The van der Waals surface area contributed by atoms with Crippen molar-refractivity contribution < 1.29 is 13.6 Å². The Kier molecular flexibility index (Phi) is 3.60. The zero-order valence-corrected chi connectivity index (χ0v) is 7.81. The molecule has 0 heterocycles. The third-order valence-electron chi connectivity index (χ3n) is 2.02. The highest BCUT2D eigenvalue weighted by Crippen LogP contribution is 2.22. The lowest BCUT2D eigenvalue weighted by Crippen LogP contribution is -2.22. The molecule has 76 valence electrons. The predicted octanol–water partition coefficient (Wildman–Crippen LogP) is 2.18. The fraction of sp³-hybridized carbons (Fsp3) is 0.400. The third kappa shape index (κ3) is 2.82. The van der Waals surface area contributed by atoms with E-state index < -0.39 is 6.55 Å². The van der Waals surface area contributed by atoms with Gasteiger partial charge in [-0.3, -0.25) is 0 Å². The summed E-state index contributed by atoms with van der Waals surface area (Å²) in [6, 6.07) is 0. The van der Waals surface area contributed by atoms with Gasteiger partial charge in [0.15, 0.2) is 0 Å². The number of hydrogen-bond acceptors (Lipinski definition) is 2. The van der Waals surface area contributed by atoms with Gasteiger partial charge in [0.2, 0.25) is 0 Å². The minimum atomic E-state index is -2.59. The molecule has 0 aromatic rings. The van der Waals surface area contributed by atoms with Gasteiger partial charge >= 0.3 is 6.55 Å². The van der Waals surface area contributed by atoms with Crippen LogP contribution in [0.4, 0.5) is 8.78 Å². The molecule has 0 saturated carbocycles. The standard InChI is InChI=1S/C10H11F2NO/c1-7-2-3-9(13-10(11)12)8(6-7)4-5-14/h4,6,10,13H,2-3H2,1H3. The molecule has 0 aromatic heterocycles. The summed E-state index contributed by atoms with van der Waals surface area (Å²) in [5.74, 6) is 1.60. The van der Waals surface area contributed by atoms with E-state index in [4.69, 9.17) is 0 Å². The van der Waals surface area contributed by atoms with Crippen LogP contribution in [0.3, 0.4) is 0 Å². The van der Waals surface area contributed by atoms with E-state index in [1.165, 1.54) is 6.08 Å². The first-order valence-electron chi connectivity index (χ1n) is 4.29. The lowest BCUT2D eigenvalue weighted by atomic mass is 9.97. The summed E-state index contributed by atoms with van der Waals surface area (Å²) in [5, 5.41) is 2.03. The van der Waals surface area contributed by atoms with Crippen molar-refractivity contribution >= 4 is 5.94 Å². The van der Waals surface area contributed by atoms with Crippen LogP contribution in [0.2, 0.25) is 0 Å². The summed E-state index contributed by atoms with van der Waals surface area (Å²) in [6.45, 7) is -0.690. The van der Waals surface area contributed by atoms with Gasteiger partial charge in [0, 0.05) is 17.3 Å². The highest BCUT2D eigenvalue weighted by atomic mass is 19.3. The van der Waals surface area contributed by atoms with E-state index >= 15 is 0 Å². The van der Waals surface area contributed by atoms with Crippen LogP contribution in [0.25, 0.3) is 0 Å². The van der Waals surface area contributed by atoms with Gasteiger partial charge in [0.1, 0.15) is 5.94 Å². The molecule has 14 heavy (non-hydrogen) atoms. The summed E-state index contributed by atoms with van der Waals surface area (Å²) >= 11 is 0. The molecule has 2 nitrogen and oxygen atoms in total. The second-order valence-electron chi connectivity index (χ2n) is 3.13. The van der Waals surface area contributed by atoms with Gasteiger partial charge in [0.05, 0.1) is 0 Å². The monoisotopic (exact) mass is 199 g/mol. The number of allylic oxidation sites excluding steroid dienone is 5. The molecule has 0 fully saturated rings. The van der Waals surface area contributed by atoms with Crippen LogP contribution in [0.15, 0.2) is 29.0 Å². The van der Waals surface area contributed by atoms with Crippen LogP contribution in [0, 0.1) is 0 Å². The van der Waals surface area contributed by atoms with Crippen molar-refractivity contribution in [2.24, 2.45) is 0 Å². The fourth-order valence-corrected chi connectivity index (χ4v) is 1.37. The van der Waals surface area contributed by atoms with Gasteiger partial charge in [0.25, 0.3) is 0 Å². The molecule has 0 amide bonds. The maximum Gasteiger partial charge on any atom is 0.312 e. The van der Waals surface area contributed by atoms with Crippen molar-refractivity contribution in [3.63, 3.8) is 0 Å². The Morgan fingerprint density at radius 1 is 1.57 bits per heavy atom. The third-order valence-corrected chi connectivity index (χ3v) is 2.02. The summed E-state index contributed by atoms with van der Waals surface area (Å²) < 4.78 is 24.1. The number of carbonyl (C=O) groups excluding carboxylic acids is 1. The van der Waals surface area contributed by atoms with Crippen molar-refractivity contribution in [1.82, 2.24) is 5.32 Å². The van der Waals surface area contributed by atoms with Crippen molar-refractivity contribution in [2.45, 2.75) is 26.3 Å². The number of rotatable bonds is 3. The molecule has 1 N–H and O–H groups in total.